The van der Waals surface area contributed by atoms with Crippen LogP contribution in [0.15, 0.2) is 0 Å². The van der Waals surface area contributed by atoms with Crippen LogP contribution in [0.25, 0.3) is 0 Å². The molecule has 0 amide bonds. The standard InChI is InChI=1S/C10H24Cl2O3Si2/c1-13-16(3,9-5-7-11)15-17(4,14-2)10-6-8-12/h5-10H2,1-4H3. The van der Waals surface area contributed by atoms with Gasteiger partial charge in [0.25, 0.3) is 0 Å². The van der Waals surface area contributed by atoms with E-state index in [4.69, 9.17) is 36.2 Å². The highest BCUT2D eigenvalue weighted by molar-refractivity contribution is 6.80. The first kappa shape index (κ1) is 17.9. The first-order valence-electron chi connectivity index (χ1n) is 5.87. The summed E-state index contributed by atoms with van der Waals surface area (Å²) in [5.74, 6) is 1.28. The Bertz CT molecular complexity index is 192. The predicted molar refractivity (Wildman–Crippen MR) is 78.6 cm³/mol. The normalized spacial score (nSPS) is 18.7. The van der Waals surface area contributed by atoms with Crippen molar-refractivity contribution >= 4 is 40.3 Å². The molecule has 0 fully saturated rings. The second-order valence-electron chi connectivity index (χ2n) is 4.36. The molecular formula is C10H24Cl2O3Si2. The average Bonchev–Trinajstić information content (AvgIpc) is 2.34. The topological polar surface area (TPSA) is 27.7 Å². The molecule has 0 aliphatic carbocycles. The second-order valence-corrected chi connectivity index (χ2v) is 12.3. The van der Waals surface area contributed by atoms with Crippen LogP contribution in [0.1, 0.15) is 12.8 Å². The molecule has 2 unspecified atom stereocenters. The first-order chi connectivity index (χ1) is 7.95. The van der Waals surface area contributed by atoms with Gasteiger partial charge >= 0.3 is 17.1 Å². The molecule has 0 saturated carbocycles. The number of hydrogen-bond acceptors (Lipinski definition) is 3. The van der Waals surface area contributed by atoms with Crippen LogP contribution in [0.2, 0.25) is 25.2 Å². The van der Waals surface area contributed by atoms with Crippen molar-refractivity contribution in [3.05, 3.63) is 0 Å². The fourth-order valence-electron chi connectivity index (χ4n) is 1.62. The maximum atomic E-state index is 6.24. The molecule has 0 aliphatic rings. The summed E-state index contributed by atoms with van der Waals surface area (Å²) in [5, 5.41) is 0. The van der Waals surface area contributed by atoms with E-state index >= 15 is 0 Å². The van der Waals surface area contributed by atoms with Crippen LogP contribution in [0.3, 0.4) is 0 Å². The van der Waals surface area contributed by atoms with Crippen molar-refractivity contribution in [2.45, 2.75) is 38.0 Å². The summed E-state index contributed by atoms with van der Waals surface area (Å²) in [4.78, 5) is 0. The summed E-state index contributed by atoms with van der Waals surface area (Å²) in [7, 11) is -0.854. The molecule has 0 aromatic heterocycles. The van der Waals surface area contributed by atoms with Crippen molar-refractivity contribution in [3.63, 3.8) is 0 Å². The van der Waals surface area contributed by atoms with E-state index in [0.717, 1.165) is 24.9 Å². The summed E-state index contributed by atoms with van der Waals surface area (Å²) in [5.41, 5.74) is 0. The minimum absolute atomic E-state index is 0.641. The van der Waals surface area contributed by atoms with Gasteiger partial charge in [-0.05, 0) is 38.0 Å². The Morgan fingerprint density at radius 3 is 1.41 bits per heavy atom. The molecule has 104 valence electrons. The van der Waals surface area contributed by atoms with Crippen LogP contribution in [0.4, 0.5) is 0 Å². The summed E-state index contributed by atoms with van der Waals surface area (Å²) in [6.07, 6.45) is 1.84. The second kappa shape index (κ2) is 8.90. The number of alkyl halides is 2. The summed E-state index contributed by atoms with van der Waals surface area (Å²) >= 11 is 11.5. The van der Waals surface area contributed by atoms with Gasteiger partial charge in [-0.1, -0.05) is 0 Å². The third kappa shape index (κ3) is 7.15. The van der Waals surface area contributed by atoms with Crippen molar-refractivity contribution in [2.24, 2.45) is 0 Å². The summed E-state index contributed by atoms with van der Waals surface area (Å²) in [6, 6.07) is 1.81. The number of halogens is 2. The first-order valence-corrected chi connectivity index (χ1v) is 12.0. The molecule has 0 spiro atoms. The molecule has 0 bridgehead atoms. The third-order valence-electron chi connectivity index (χ3n) is 2.82. The maximum Gasteiger partial charge on any atom is 0.325 e. The Morgan fingerprint density at radius 2 is 1.18 bits per heavy atom. The van der Waals surface area contributed by atoms with Crippen molar-refractivity contribution in [3.8, 4) is 0 Å². The van der Waals surface area contributed by atoms with Gasteiger partial charge in [-0.15, -0.1) is 23.2 Å². The van der Waals surface area contributed by atoms with Gasteiger partial charge in [0.15, 0.2) is 0 Å². The zero-order valence-corrected chi connectivity index (χ0v) is 14.7. The van der Waals surface area contributed by atoms with E-state index in [9.17, 15) is 0 Å². The fourth-order valence-corrected chi connectivity index (χ4v) is 9.52. The van der Waals surface area contributed by atoms with Crippen LogP contribution in [0.5, 0.6) is 0 Å². The average molecular weight is 319 g/mol. The summed E-state index contributed by atoms with van der Waals surface area (Å²) < 4.78 is 17.4. The zero-order chi connectivity index (χ0) is 13.4. The minimum Gasteiger partial charge on any atom is -0.415 e. The Kier molecular flexibility index (Phi) is 9.37. The van der Waals surface area contributed by atoms with Gasteiger partial charge in [-0.2, -0.15) is 0 Å². The largest absolute Gasteiger partial charge is 0.415 e. The van der Waals surface area contributed by atoms with Gasteiger partial charge in [0.1, 0.15) is 0 Å². The lowest BCUT2D eigenvalue weighted by Crippen LogP contribution is -2.51. The van der Waals surface area contributed by atoms with E-state index in [-0.39, 0.29) is 0 Å². The van der Waals surface area contributed by atoms with Gasteiger partial charge in [0.2, 0.25) is 0 Å². The molecule has 0 aliphatic heterocycles. The Labute approximate surface area is 117 Å². The summed E-state index contributed by atoms with van der Waals surface area (Å²) in [6.45, 7) is 4.15. The quantitative estimate of drug-likeness (QED) is 0.454. The van der Waals surface area contributed by atoms with E-state index < -0.39 is 17.1 Å². The Balaban J connectivity index is 4.47. The molecule has 0 aromatic carbocycles. The van der Waals surface area contributed by atoms with E-state index in [2.05, 4.69) is 13.1 Å². The molecule has 7 heteroatoms. The minimum atomic E-state index is -2.14. The lowest BCUT2D eigenvalue weighted by molar-refractivity contribution is 0.239. The van der Waals surface area contributed by atoms with Gasteiger partial charge in [0.05, 0.1) is 0 Å². The molecule has 3 nitrogen and oxygen atoms in total. The fraction of sp³-hybridized carbons (Fsp3) is 1.00. The SMILES string of the molecule is CO[Si](C)(CCCCl)O[Si](C)(CCCCl)OC. The van der Waals surface area contributed by atoms with Crippen LogP contribution < -0.4 is 0 Å². The molecule has 0 aromatic rings. The van der Waals surface area contributed by atoms with Crippen molar-refractivity contribution in [1.29, 1.82) is 0 Å². The van der Waals surface area contributed by atoms with Crippen molar-refractivity contribution in [2.75, 3.05) is 26.0 Å². The van der Waals surface area contributed by atoms with Crippen LogP contribution in [0, 0.1) is 0 Å². The van der Waals surface area contributed by atoms with E-state index in [1.54, 1.807) is 14.2 Å². The van der Waals surface area contributed by atoms with Gasteiger partial charge < -0.3 is 13.0 Å². The monoisotopic (exact) mass is 318 g/mol. The number of hydrogen-bond donors (Lipinski definition) is 0. The molecule has 0 heterocycles. The van der Waals surface area contributed by atoms with E-state index in [0.29, 0.717) is 11.8 Å². The molecule has 17 heavy (non-hydrogen) atoms. The highest BCUT2D eigenvalue weighted by atomic mass is 35.5. The number of rotatable bonds is 10. The molecular weight excluding hydrogens is 295 g/mol. The maximum absolute atomic E-state index is 6.24. The van der Waals surface area contributed by atoms with Crippen LogP contribution in [-0.4, -0.2) is 43.1 Å². The molecule has 2 atom stereocenters. The van der Waals surface area contributed by atoms with E-state index in [1.165, 1.54) is 0 Å². The van der Waals surface area contributed by atoms with Crippen molar-refractivity contribution < 1.29 is 13.0 Å². The molecule has 0 saturated heterocycles. The Morgan fingerprint density at radius 1 is 0.824 bits per heavy atom. The lowest BCUT2D eigenvalue weighted by atomic mass is 10.6. The molecule has 0 radical (unpaired) electrons. The lowest BCUT2D eigenvalue weighted by Gasteiger charge is -2.35. The van der Waals surface area contributed by atoms with Crippen LogP contribution in [-0.2, 0) is 13.0 Å². The highest BCUT2D eigenvalue weighted by Gasteiger charge is 2.41. The van der Waals surface area contributed by atoms with Crippen LogP contribution >= 0.6 is 23.2 Å². The highest BCUT2D eigenvalue weighted by Crippen LogP contribution is 2.25. The molecule has 0 rings (SSSR count). The van der Waals surface area contributed by atoms with Crippen molar-refractivity contribution in [1.82, 2.24) is 0 Å². The van der Waals surface area contributed by atoms with Gasteiger partial charge in [-0.25, -0.2) is 0 Å². The third-order valence-corrected chi connectivity index (χ3v) is 11.1. The Hall–Kier alpha value is 0.894. The van der Waals surface area contributed by atoms with E-state index in [1.807, 2.05) is 0 Å². The van der Waals surface area contributed by atoms with Gasteiger partial charge in [-0.3, -0.25) is 0 Å². The zero-order valence-electron chi connectivity index (χ0n) is 11.2. The predicted octanol–water partition coefficient (Wildman–Crippen LogP) is 3.70. The smallest absolute Gasteiger partial charge is 0.325 e. The van der Waals surface area contributed by atoms with Gasteiger partial charge in [0, 0.05) is 26.0 Å². The molecule has 0 N–H and O–H groups in total.